The molecule has 0 radical (unpaired) electrons. The van der Waals surface area contributed by atoms with Gasteiger partial charge in [0.15, 0.2) is 11.6 Å². The van der Waals surface area contributed by atoms with E-state index in [1.807, 2.05) is 84.9 Å². The van der Waals surface area contributed by atoms with Crippen LogP contribution in [0.15, 0.2) is 149 Å². The van der Waals surface area contributed by atoms with Crippen LogP contribution in [0.1, 0.15) is 0 Å². The molecule has 0 fully saturated rings. The first-order valence-electron chi connectivity index (χ1n) is 14.9. The van der Waals surface area contributed by atoms with Crippen LogP contribution in [0, 0.1) is 0 Å². The molecule has 7 heteroatoms. The maximum atomic E-state index is 13.9. The molecule has 3 aromatic heterocycles. The monoisotopic (exact) mass is 614 g/mol. The Morgan fingerprint density at radius 2 is 1.13 bits per heavy atom. The fourth-order valence-electron chi connectivity index (χ4n) is 6.30. The van der Waals surface area contributed by atoms with Crippen molar-refractivity contribution in [1.82, 2.24) is 19.5 Å². The van der Waals surface area contributed by atoms with Gasteiger partial charge in [0.1, 0.15) is 11.2 Å². The molecular formula is C39H23FN4OS. The van der Waals surface area contributed by atoms with Crippen molar-refractivity contribution in [2.45, 2.75) is 4.90 Å². The molecule has 218 valence electrons. The average molecular weight is 615 g/mol. The van der Waals surface area contributed by atoms with E-state index in [0.29, 0.717) is 28.1 Å². The molecule has 9 rings (SSSR count). The molecule has 0 bridgehead atoms. The van der Waals surface area contributed by atoms with Gasteiger partial charge >= 0.3 is 0 Å². The SMILES string of the molecule is FSc1cccc2oc3ccc(-c4ccc5c(c4)c4ccccc4n5-c4nc(-c5ccccc5)nc(-c5ccccc5)n4)cc3c12. The Balaban J connectivity index is 1.26. The summed E-state index contributed by atoms with van der Waals surface area (Å²) in [5, 5.41) is 3.85. The molecule has 0 aliphatic rings. The van der Waals surface area contributed by atoms with Gasteiger partial charge in [-0.3, -0.25) is 4.57 Å². The van der Waals surface area contributed by atoms with Crippen molar-refractivity contribution in [1.29, 1.82) is 0 Å². The molecule has 46 heavy (non-hydrogen) atoms. The number of aromatic nitrogens is 4. The number of nitrogens with zero attached hydrogens (tertiary/aromatic N) is 4. The molecule has 3 heterocycles. The van der Waals surface area contributed by atoms with Crippen LogP contribution in [0.2, 0.25) is 0 Å². The van der Waals surface area contributed by atoms with Gasteiger partial charge in [-0.15, -0.1) is 0 Å². The standard InChI is InChI=1S/C39H23FN4OS/c40-46-35-17-9-16-34-36(35)30-23-27(19-21-33(30)45-34)26-18-20-32-29(22-26)28-14-7-8-15-31(28)44(32)39-42-37(24-10-3-1-4-11-24)41-38(43-39)25-12-5-2-6-13-25/h1-23H. The molecule has 6 aromatic carbocycles. The van der Waals surface area contributed by atoms with Crippen LogP contribution in [-0.2, 0) is 0 Å². The Labute approximate surface area is 267 Å². The molecule has 9 aromatic rings. The molecule has 0 amide bonds. The van der Waals surface area contributed by atoms with E-state index in [9.17, 15) is 3.89 Å². The van der Waals surface area contributed by atoms with Gasteiger partial charge in [0, 0.05) is 32.7 Å². The lowest BCUT2D eigenvalue weighted by Crippen LogP contribution is -2.06. The van der Waals surface area contributed by atoms with Gasteiger partial charge in [-0.25, -0.2) is 4.98 Å². The molecule has 0 aliphatic carbocycles. The number of benzene rings is 6. The minimum atomic E-state index is 0.243. The quantitative estimate of drug-likeness (QED) is 0.193. The van der Waals surface area contributed by atoms with Crippen molar-refractivity contribution in [2.24, 2.45) is 0 Å². The van der Waals surface area contributed by atoms with E-state index in [1.54, 1.807) is 6.07 Å². The maximum Gasteiger partial charge on any atom is 0.238 e. The molecule has 0 unspecified atom stereocenters. The summed E-state index contributed by atoms with van der Waals surface area (Å²) in [5.74, 6) is 1.77. The van der Waals surface area contributed by atoms with Gasteiger partial charge in [0.25, 0.3) is 0 Å². The first kappa shape index (κ1) is 26.6. The van der Waals surface area contributed by atoms with Crippen LogP contribution >= 0.6 is 12.1 Å². The van der Waals surface area contributed by atoms with E-state index < -0.39 is 0 Å². The Morgan fingerprint density at radius 1 is 0.500 bits per heavy atom. The van der Waals surface area contributed by atoms with Gasteiger partial charge in [-0.1, -0.05) is 97.1 Å². The lowest BCUT2D eigenvalue weighted by Gasteiger charge is -2.11. The van der Waals surface area contributed by atoms with E-state index in [4.69, 9.17) is 19.4 Å². The van der Waals surface area contributed by atoms with Gasteiger partial charge < -0.3 is 4.42 Å². The van der Waals surface area contributed by atoms with Crippen molar-refractivity contribution < 1.29 is 8.30 Å². The molecule has 0 atom stereocenters. The highest BCUT2D eigenvalue weighted by molar-refractivity contribution is 7.94. The molecular weight excluding hydrogens is 592 g/mol. The number of hydrogen-bond donors (Lipinski definition) is 0. The number of halogens is 1. The number of furan rings is 1. The van der Waals surface area contributed by atoms with Gasteiger partial charge in [0.05, 0.1) is 28.1 Å². The number of rotatable bonds is 5. The summed E-state index contributed by atoms with van der Waals surface area (Å²) < 4.78 is 22.0. The van der Waals surface area contributed by atoms with Crippen LogP contribution in [0.5, 0.6) is 0 Å². The lowest BCUT2D eigenvalue weighted by molar-refractivity contribution is 0.668. The van der Waals surface area contributed by atoms with E-state index >= 15 is 0 Å². The lowest BCUT2D eigenvalue weighted by atomic mass is 10.0. The number of hydrogen-bond acceptors (Lipinski definition) is 5. The van der Waals surface area contributed by atoms with Gasteiger partial charge in [-0.2, -0.15) is 13.9 Å². The third kappa shape index (κ3) is 4.28. The van der Waals surface area contributed by atoms with E-state index in [1.165, 1.54) is 0 Å². The molecule has 0 N–H and O–H groups in total. The number of para-hydroxylation sites is 1. The zero-order chi connectivity index (χ0) is 30.6. The van der Waals surface area contributed by atoms with Gasteiger partial charge in [0.2, 0.25) is 5.95 Å². The normalized spacial score (nSPS) is 11.7. The zero-order valence-electron chi connectivity index (χ0n) is 24.3. The Morgan fingerprint density at radius 3 is 1.85 bits per heavy atom. The second kappa shape index (κ2) is 10.7. The molecule has 5 nitrogen and oxygen atoms in total. The van der Waals surface area contributed by atoms with E-state index in [2.05, 4.69) is 53.1 Å². The summed E-state index contributed by atoms with van der Waals surface area (Å²) in [6.45, 7) is 0. The Kier molecular flexibility index (Phi) is 6.18. The average Bonchev–Trinajstić information content (AvgIpc) is 3.67. The summed E-state index contributed by atoms with van der Waals surface area (Å²) >= 11 is 0.243. The molecule has 0 saturated carbocycles. The second-order valence-electron chi connectivity index (χ2n) is 11.1. The molecule has 0 spiro atoms. The largest absolute Gasteiger partial charge is 0.456 e. The van der Waals surface area contributed by atoms with Crippen molar-refractivity contribution in [3.63, 3.8) is 0 Å². The fourth-order valence-corrected chi connectivity index (χ4v) is 6.72. The predicted molar refractivity (Wildman–Crippen MR) is 185 cm³/mol. The summed E-state index contributed by atoms with van der Waals surface area (Å²) in [6, 6.07) is 46.3. The van der Waals surface area contributed by atoms with Crippen LogP contribution < -0.4 is 0 Å². The minimum Gasteiger partial charge on any atom is -0.456 e. The van der Waals surface area contributed by atoms with Crippen LogP contribution in [0.4, 0.5) is 3.89 Å². The fraction of sp³-hybridized carbons (Fsp3) is 0. The van der Waals surface area contributed by atoms with Gasteiger partial charge in [-0.05, 0) is 53.6 Å². The van der Waals surface area contributed by atoms with Crippen molar-refractivity contribution >= 4 is 55.9 Å². The zero-order valence-corrected chi connectivity index (χ0v) is 25.1. The highest BCUT2D eigenvalue weighted by Crippen LogP contribution is 2.40. The van der Waals surface area contributed by atoms with Crippen LogP contribution in [0.25, 0.3) is 83.6 Å². The summed E-state index contributed by atoms with van der Waals surface area (Å²) in [6.07, 6.45) is 0. The van der Waals surface area contributed by atoms with Crippen molar-refractivity contribution in [3.05, 3.63) is 140 Å². The smallest absolute Gasteiger partial charge is 0.238 e. The van der Waals surface area contributed by atoms with Crippen molar-refractivity contribution in [3.8, 4) is 39.9 Å². The Bertz CT molecular complexity index is 2520. The first-order chi connectivity index (χ1) is 22.7. The highest BCUT2D eigenvalue weighted by atomic mass is 32.2. The maximum absolute atomic E-state index is 13.9. The topological polar surface area (TPSA) is 56.7 Å². The third-order valence-corrected chi connectivity index (χ3v) is 8.94. The summed E-state index contributed by atoms with van der Waals surface area (Å²) in [7, 11) is 0. The first-order valence-corrected chi connectivity index (χ1v) is 15.6. The van der Waals surface area contributed by atoms with Crippen LogP contribution in [-0.4, -0.2) is 19.5 Å². The van der Waals surface area contributed by atoms with Crippen molar-refractivity contribution in [2.75, 3.05) is 0 Å². The minimum absolute atomic E-state index is 0.243. The number of fused-ring (bicyclic) bond motifs is 6. The molecule has 0 aliphatic heterocycles. The van der Waals surface area contributed by atoms with E-state index in [0.717, 1.165) is 60.4 Å². The summed E-state index contributed by atoms with van der Waals surface area (Å²) in [4.78, 5) is 15.5. The predicted octanol–water partition coefficient (Wildman–Crippen LogP) is 10.8. The van der Waals surface area contributed by atoms with E-state index in [-0.39, 0.29) is 12.1 Å². The third-order valence-electron chi connectivity index (χ3n) is 8.43. The summed E-state index contributed by atoms with van der Waals surface area (Å²) in [5.41, 5.74) is 7.30. The highest BCUT2D eigenvalue weighted by Gasteiger charge is 2.19. The molecule has 0 saturated heterocycles. The second-order valence-corrected chi connectivity index (χ2v) is 11.7. The van der Waals surface area contributed by atoms with Crippen LogP contribution in [0.3, 0.4) is 0 Å². The Hall–Kier alpha value is -5.79.